The van der Waals surface area contributed by atoms with Gasteiger partial charge in [0.2, 0.25) is 0 Å². The molecule has 2 heterocycles. The molecule has 0 radical (unpaired) electrons. The lowest BCUT2D eigenvalue weighted by Crippen LogP contribution is -2.51. The molecule has 4 nitrogen and oxygen atoms in total. The molecule has 0 amide bonds. The number of benzene rings is 2. The third-order valence-electron chi connectivity index (χ3n) is 7.25. The third-order valence-corrected chi connectivity index (χ3v) is 7.65. The van der Waals surface area contributed by atoms with Crippen LogP contribution in [0, 0.1) is 6.92 Å². The Morgan fingerprint density at radius 1 is 1.17 bits per heavy atom. The standard InChI is InChI=1S/C25H30ClNO3/c1-16-11-24-20(13-21(16)26)22(28)14-25(30-24)7-9-27(10-8-25)15-23(29)19-6-5-17-3-2-4-18(17)12-19/h5-6,11-13,22-23,28-29H,2-4,7-10,14-15H2,1H3/t22-,23+/m0/s1. The first-order valence-corrected chi connectivity index (χ1v) is 11.5. The minimum atomic E-state index is -0.546. The predicted octanol–water partition coefficient (Wildman–Crippen LogP) is 4.52. The number of β-amino-alcohol motifs (C(OH)–C–C–N with tert-alkyl or cyclic N) is 1. The zero-order valence-corrected chi connectivity index (χ0v) is 18.3. The molecule has 0 saturated carbocycles. The van der Waals surface area contributed by atoms with Gasteiger partial charge in [-0.3, -0.25) is 0 Å². The molecule has 2 aromatic carbocycles. The van der Waals surface area contributed by atoms with Crippen molar-refractivity contribution >= 4 is 11.6 Å². The number of aryl methyl sites for hydroxylation is 3. The molecule has 160 valence electrons. The monoisotopic (exact) mass is 427 g/mol. The van der Waals surface area contributed by atoms with E-state index in [1.807, 2.05) is 19.1 Å². The number of nitrogens with zero attached hydrogens (tertiary/aromatic N) is 1. The molecule has 1 saturated heterocycles. The number of piperidine rings is 1. The zero-order chi connectivity index (χ0) is 20.9. The lowest BCUT2D eigenvalue weighted by molar-refractivity contribution is -0.0588. The first-order valence-electron chi connectivity index (χ1n) is 11.1. The van der Waals surface area contributed by atoms with Gasteiger partial charge in [-0.15, -0.1) is 0 Å². The van der Waals surface area contributed by atoms with Crippen LogP contribution in [-0.2, 0) is 12.8 Å². The summed E-state index contributed by atoms with van der Waals surface area (Å²) in [5.74, 6) is 0.766. The van der Waals surface area contributed by atoms with Crippen molar-refractivity contribution in [3.05, 3.63) is 63.2 Å². The maximum Gasteiger partial charge on any atom is 0.126 e. The number of hydrogen-bond donors (Lipinski definition) is 2. The Kier molecular flexibility index (Phi) is 5.30. The maximum atomic E-state index is 10.8. The smallest absolute Gasteiger partial charge is 0.126 e. The normalized spacial score (nSPS) is 23.7. The SMILES string of the molecule is Cc1cc2c(cc1Cl)[C@@H](O)CC1(CCN(C[C@@H](O)c3ccc4c(c3)CCC4)CC1)O2. The topological polar surface area (TPSA) is 52.9 Å². The van der Waals surface area contributed by atoms with Crippen LogP contribution < -0.4 is 4.74 Å². The number of halogens is 1. The van der Waals surface area contributed by atoms with Gasteiger partial charge in [0.1, 0.15) is 11.4 Å². The highest BCUT2D eigenvalue weighted by molar-refractivity contribution is 6.31. The summed E-state index contributed by atoms with van der Waals surface area (Å²) in [7, 11) is 0. The second kappa shape index (κ2) is 7.83. The van der Waals surface area contributed by atoms with E-state index >= 15 is 0 Å². The fraction of sp³-hybridized carbons (Fsp3) is 0.520. The number of aliphatic hydroxyl groups is 2. The van der Waals surface area contributed by atoms with Gasteiger partial charge in [-0.2, -0.15) is 0 Å². The van der Waals surface area contributed by atoms with Gasteiger partial charge in [0.15, 0.2) is 0 Å². The summed E-state index contributed by atoms with van der Waals surface area (Å²) >= 11 is 6.24. The average Bonchev–Trinajstić information content (AvgIpc) is 3.19. The Morgan fingerprint density at radius 3 is 2.73 bits per heavy atom. The van der Waals surface area contributed by atoms with Crippen LogP contribution in [-0.4, -0.2) is 40.3 Å². The molecule has 2 N–H and O–H groups in total. The minimum Gasteiger partial charge on any atom is -0.487 e. The number of aliphatic hydroxyl groups excluding tert-OH is 2. The van der Waals surface area contributed by atoms with Crippen LogP contribution >= 0.6 is 11.6 Å². The Balaban J connectivity index is 1.23. The van der Waals surface area contributed by atoms with Crippen LogP contribution in [0.15, 0.2) is 30.3 Å². The van der Waals surface area contributed by atoms with Crippen molar-refractivity contribution in [2.45, 2.75) is 63.3 Å². The summed E-state index contributed by atoms with van der Waals surface area (Å²) in [5.41, 5.74) is 5.31. The predicted molar refractivity (Wildman–Crippen MR) is 118 cm³/mol. The van der Waals surface area contributed by atoms with Gasteiger partial charge < -0.3 is 19.8 Å². The molecular formula is C25H30ClNO3. The molecule has 5 heteroatoms. The van der Waals surface area contributed by atoms with E-state index in [1.54, 1.807) is 0 Å². The van der Waals surface area contributed by atoms with Crippen molar-refractivity contribution in [3.63, 3.8) is 0 Å². The number of rotatable bonds is 3. The molecule has 2 atom stereocenters. The van der Waals surface area contributed by atoms with Crippen molar-refractivity contribution < 1.29 is 14.9 Å². The van der Waals surface area contributed by atoms with Crippen molar-refractivity contribution in [2.75, 3.05) is 19.6 Å². The highest BCUT2D eigenvalue weighted by Crippen LogP contribution is 2.45. The van der Waals surface area contributed by atoms with Gasteiger partial charge in [-0.05, 0) is 73.4 Å². The number of likely N-dealkylation sites (tertiary alicyclic amines) is 1. The van der Waals surface area contributed by atoms with Crippen LogP contribution in [0.5, 0.6) is 5.75 Å². The Morgan fingerprint density at radius 2 is 1.93 bits per heavy atom. The molecule has 0 bridgehead atoms. The summed E-state index contributed by atoms with van der Waals surface area (Å²) in [5, 5.41) is 22.2. The van der Waals surface area contributed by atoms with E-state index in [0.29, 0.717) is 18.0 Å². The van der Waals surface area contributed by atoms with E-state index in [-0.39, 0.29) is 5.60 Å². The third kappa shape index (κ3) is 3.75. The Hall–Kier alpha value is -1.59. The Bertz CT molecular complexity index is 952. The summed E-state index contributed by atoms with van der Waals surface area (Å²) in [6, 6.07) is 10.3. The molecule has 2 aliphatic heterocycles. The summed E-state index contributed by atoms with van der Waals surface area (Å²) in [6.07, 6.45) is 4.81. The summed E-state index contributed by atoms with van der Waals surface area (Å²) in [6.45, 7) is 4.32. The van der Waals surface area contributed by atoms with Gasteiger partial charge in [0, 0.05) is 36.6 Å². The van der Waals surface area contributed by atoms with Gasteiger partial charge in [0.05, 0.1) is 12.2 Å². The van der Waals surface area contributed by atoms with Crippen molar-refractivity contribution in [2.24, 2.45) is 0 Å². The molecule has 3 aliphatic rings. The van der Waals surface area contributed by atoms with Crippen LogP contribution in [0.2, 0.25) is 5.02 Å². The first-order chi connectivity index (χ1) is 14.4. The largest absolute Gasteiger partial charge is 0.487 e. The lowest BCUT2D eigenvalue weighted by Gasteiger charge is -2.46. The van der Waals surface area contributed by atoms with E-state index in [0.717, 1.165) is 54.8 Å². The van der Waals surface area contributed by atoms with Gasteiger partial charge in [-0.1, -0.05) is 29.8 Å². The zero-order valence-electron chi connectivity index (χ0n) is 17.5. The second-order valence-corrected chi connectivity index (χ2v) is 9.75. The van der Waals surface area contributed by atoms with Crippen LogP contribution in [0.4, 0.5) is 0 Å². The second-order valence-electron chi connectivity index (χ2n) is 9.34. The quantitative estimate of drug-likeness (QED) is 0.756. The van der Waals surface area contributed by atoms with E-state index < -0.39 is 12.2 Å². The molecule has 1 fully saturated rings. The molecule has 1 aliphatic carbocycles. The summed E-state index contributed by atoms with van der Waals surface area (Å²) < 4.78 is 6.45. The number of ether oxygens (including phenoxy) is 1. The fourth-order valence-electron chi connectivity index (χ4n) is 5.35. The van der Waals surface area contributed by atoms with E-state index in [1.165, 1.54) is 24.0 Å². The Labute approximate surface area is 183 Å². The van der Waals surface area contributed by atoms with Crippen LogP contribution in [0.1, 0.15) is 65.7 Å². The highest BCUT2D eigenvalue weighted by Gasteiger charge is 2.43. The van der Waals surface area contributed by atoms with Gasteiger partial charge in [0.25, 0.3) is 0 Å². The van der Waals surface area contributed by atoms with Gasteiger partial charge >= 0.3 is 0 Å². The van der Waals surface area contributed by atoms with Crippen LogP contribution in [0.3, 0.4) is 0 Å². The molecular weight excluding hydrogens is 398 g/mol. The van der Waals surface area contributed by atoms with Crippen LogP contribution in [0.25, 0.3) is 0 Å². The molecule has 1 spiro atoms. The minimum absolute atomic E-state index is 0.332. The van der Waals surface area contributed by atoms with Gasteiger partial charge in [-0.25, -0.2) is 0 Å². The summed E-state index contributed by atoms with van der Waals surface area (Å²) in [4.78, 5) is 2.32. The number of fused-ring (bicyclic) bond motifs is 2. The molecule has 30 heavy (non-hydrogen) atoms. The van der Waals surface area contributed by atoms with Crippen molar-refractivity contribution in [3.8, 4) is 5.75 Å². The molecule has 5 rings (SSSR count). The van der Waals surface area contributed by atoms with E-state index in [4.69, 9.17) is 16.3 Å². The fourth-order valence-corrected chi connectivity index (χ4v) is 5.53. The lowest BCUT2D eigenvalue weighted by atomic mass is 9.81. The molecule has 2 aromatic rings. The molecule has 0 aromatic heterocycles. The van der Waals surface area contributed by atoms with Crippen molar-refractivity contribution in [1.82, 2.24) is 4.90 Å². The average molecular weight is 428 g/mol. The van der Waals surface area contributed by atoms with E-state index in [9.17, 15) is 10.2 Å². The molecule has 0 unspecified atom stereocenters. The maximum absolute atomic E-state index is 10.8. The first kappa shape index (κ1) is 20.3. The van der Waals surface area contributed by atoms with Crippen molar-refractivity contribution in [1.29, 1.82) is 0 Å². The number of hydrogen-bond acceptors (Lipinski definition) is 4. The van der Waals surface area contributed by atoms with E-state index in [2.05, 4.69) is 23.1 Å². The highest BCUT2D eigenvalue weighted by atomic mass is 35.5.